The van der Waals surface area contributed by atoms with Crippen molar-refractivity contribution < 1.29 is 18.3 Å². The summed E-state index contributed by atoms with van der Waals surface area (Å²) in [5, 5.41) is 5.93. The quantitative estimate of drug-likeness (QED) is 0.685. The van der Waals surface area contributed by atoms with Crippen LogP contribution in [0.25, 0.3) is 0 Å². The van der Waals surface area contributed by atoms with E-state index in [1.54, 1.807) is 0 Å². The molecule has 1 aliphatic rings. The van der Waals surface area contributed by atoms with Crippen molar-refractivity contribution >= 4 is 35.6 Å². The lowest BCUT2D eigenvalue weighted by atomic mass is 9.93. The summed E-state index contributed by atoms with van der Waals surface area (Å²) in [6.07, 6.45) is 3.36. The number of hydrogen-bond donors (Lipinski definition) is 2. The normalized spacial score (nSPS) is 15.6. The van der Waals surface area contributed by atoms with E-state index in [1.807, 2.05) is 7.05 Å². The second kappa shape index (κ2) is 11.5. The van der Waals surface area contributed by atoms with Gasteiger partial charge in [-0.2, -0.15) is 8.78 Å². The molecule has 9 heteroatoms. The first kappa shape index (κ1) is 22.9. The van der Waals surface area contributed by atoms with Crippen molar-refractivity contribution in [3.8, 4) is 5.75 Å². The third-order valence-corrected chi connectivity index (χ3v) is 4.60. The van der Waals surface area contributed by atoms with Crippen LogP contribution in [0.5, 0.6) is 5.75 Å². The molecule has 0 atom stereocenters. The summed E-state index contributed by atoms with van der Waals surface area (Å²) >= 11 is 5.88. The highest BCUT2D eigenvalue weighted by atomic mass is 35.5. The van der Waals surface area contributed by atoms with Gasteiger partial charge in [0.25, 0.3) is 0 Å². The third kappa shape index (κ3) is 7.61. The zero-order valence-corrected chi connectivity index (χ0v) is 16.2. The molecule has 0 aromatic heterocycles. The second-order valence-electron chi connectivity index (χ2n) is 6.18. The molecule has 0 unspecified atom stereocenters. The van der Waals surface area contributed by atoms with Gasteiger partial charge in [-0.3, -0.25) is 9.69 Å². The van der Waals surface area contributed by atoms with Gasteiger partial charge in [0.05, 0.1) is 11.6 Å². The summed E-state index contributed by atoms with van der Waals surface area (Å²) in [5.74, 6) is 0.457. The van der Waals surface area contributed by atoms with E-state index in [0.717, 1.165) is 32.5 Å². The lowest BCUT2D eigenvalue weighted by molar-refractivity contribution is -0.117. The number of anilines is 1. The van der Waals surface area contributed by atoms with Crippen LogP contribution in [0.15, 0.2) is 18.2 Å². The van der Waals surface area contributed by atoms with E-state index >= 15 is 0 Å². The molecule has 0 saturated carbocycles. The van der Waals surface area contributed by atoms with Crippen LogP contribution >= 0.6 is 24.0 Å². The van der Waals surface area contributed by atoms with Gasteiger partial charge in [-0.15, -0.1) is 12.4 Å². The first-order valence-electron chi connectivity index (χ1n) is 8.39. The number of alkyl halides is 2. The highest BCUT2D eigenvalue weighted by Crippen LogP contribution is 2.29. The summed E-state index contributed by atoms with van der Waals surface area (Å²) in [4.78, 5) is 14.3. The van der Waals surface area contributed by atoms with E-state index < -0.39 is 6.61 Å². The number of nitrogens with one attached hydrogen (secondary N) is 2. The summed E-state index contributed by atoms with van der Waals surface area (Å²) in [5.41, 5.74) is 0.459. The maximum atomic E-state index is 12.2. The molecule has 0 aliphatic carbocycles. The SMILES string of the molecule is CNCCC1CCN(CC(=O)Nc2ccc(OC(F)F)c(Cl)c2)CC1.Cl. The van der Waals surface area contributed by atoms with Crippen molar-refractivity contribution in [2.45, 2.75) is 25.9 Å². The van der Waals surface area contributed by atoms with Crippen LogP contribution < -0.4 is 15.4 Å². The Labute approximate surface area is 163 Å². The number of ether oxygens (including phenoxy) is 1. The third-order valence-electron chi connectivity index (χ3n) is 4.31. The standard InChI is InChI=1S/C17H24ClF2N3O2.ClH/c1-21-7-4-12-5-8-23(9-6-12)11-16(24)22-13-2-3-15(14(18)10-13)25-17(19)20;/h2-3,10,12,17,21H,4-9,11H2,1H3,(H,22,24);1H. The topological polar surface area (TPSA) is 53.6 Å². The lowest BCUT2D eigenvalue weighted by Gasteiger charge is -2.31. The molecule has 1 saturated heterocycles. The summed E-state index contributed by atoms with van der Waals surface area (Å²) in [7, 11) is 1.96. The van der Waals surface area contributed by atoms with Crippen LogP contribution in [-0.4, -0.2) is 50.6 Å². The molecule has 1 fully saturated rings. The van der Waals surface area contributed by atoms with E-state index in [4.69, 9.17) is 11.6 Å². The highest BCUT2D eigenvalue weighted by Gasteiger charge is 2.20. The Morgan fingerprint density at radius 3 is 2.65 bits per heavy atom. The van der Waals surface area contributed by atoms with E-state index in [2.05, 4.69) is 20.3 Å². The number of carbonyl (C=O) groups is 1. The molecule has 0 bridgehead atoms. The fourth-order valence-corrected chi connectivity index (χ4v) is 3.18. The molecule has 1 aromatic rings. The smallest absolute Gasteiger partial charge is 0.387 e. The Kier molecular flexibility index (Phi) is 10.2. The number of rotatable bonds is 8. The van der Waals surface area contributed by atoms with Gasteiger partial charge in [0.15, 0.2) is 0 Å². The predicted octanol–water partition coefficient (Wildman–Crippen LogP) is 3.62. The minimum absolute atomic E-state index is 0. The summed E-state index contributed by atoms with van der Waals surface area (Å²) in [6.45, 7) is 0.213. The molecule has 1 amide bonds. The Balaban J connectivity index is 0.00000338. The molecule has 1 aromatic carbocycles. The Hall–Kier alpha value is -1.15. The van der Waals surface area contributed by atoms with Crippen molar-refractivity contribution in [1.82, 2.24) is 10.2 Å². The maximum Gasteiger partial charge on any atom is 0.387 e. The van der Waals surface area contributed by atoms with Gasteiger partial charge in [0.2, 0.25) is 5.91 Å². The van der Waals surface area contributed by atoms with Gasteiger partial charge in [-0.05, 0) is 70.1 Å². The number of nitrogens with zero attached hydrogens (tertiary/aromatic N) is 1. The molecule has 2 N–H and O–H groups in total. The van der Waals surface area contributed by atoms with Crippen molar-refractivity contribution in [3.05, 3.63) is 23.2 Å². The first-order valence-corrected chi connectivity index (χ1v) is 8.77. The Morgan fingerprint density at radius 2 is 2.08 bits per heavy atom. The predicted molar refractivity (Wildman–Crippen MR) is 102 cm³/mol. The number of amides is 1. The van der Waals surface area contributed by atoms with Gasteiger partial charge in [-0.25, -0.2) is 0 Å². The Morgan fingerprint density at radius 1 is 1.38 bits per heavy atom. The van der Waals surface area contributed by atoms with E-state index in [1.165, 1.54) is 24.6 Å². The zero-order valence-electron chi connectivity index (χ0n) is 14.6. The van der Waals surface area contributed by atoms with Crippen LogP contribution in [0, 0.1) is 5.92 Å². The number of benzene rings is 1. The van der Waals surface area contributed by atoms with Crippen LogP contribution in [0.1, 0.15) is 19.3 Å². The summed E-state index contributed by atoms with van der Waals surface area (Å²) < 4.78 is 28.7. The highest BCUT2D eigenvalue weighted by molar-refractivity contribution is 6.32. The number of likely N-dealkylation sites (tertiary alicyclic amines) is 1. The van der Waals surface area contributed by atoms with Crippen molar-refractivity contribution in [1.29, 1.82) is 0 Å². The first-order chi connectivity index (χ1) is 12.0. The number of hydrogen-bond acceptors (Lipinski definition) is 4. The van der Waals surface area contributed by atoms with Gasteiger partial charge in [-0.1, -0.05) is 11.6 Å². The molecule has 148 valence electrons. The molecule has 0 radical (unpaired) electrons. The van der Waals surface area contributed by atoms with Gasteiger partial charge >= 0.3 is 6.61 Å². The molecule has 0 spiro atoms. The molecule has 1 aliphatic heterocycles. The van der Waals surface area contributed by atoms with Crippen LogP contribution in [-0.2, 0) is 4.79 Å². The molecule has 26 heavy (non-hydrogen) atoms. The number of piperidine rings is 1. The maximum absolute atomic E-state index is 12.2. The number of halogens is 4. The van der Waals surface area contributed by atoms with Gasteiger partial charge in [0, 0.05) is 5.69 Å². The molecular weight excluding hydrogens is 387 g/mol. The van der Waals surface area contributed by atoms with E-state index in [9.17, 15) is 13.6 Å². The van der Waals surface area contributed by atoms with Crippen LogP contribution in [0.2, 0.25) is 5.02 Å². The van der Waals surface area contributed by atoms with E-state index in [0.29, 0.717) is 18.2 Å². The molecular formula is C17H25Cl2F2N3O2. The van der Waals surface area contributed by atoms with Crippen molar-refractivity contribution in [2.24, 2.45) is 5.92 Å². The molecule has 5 nitrogen and oxygen atoms in total. The second-order valence-corrected chi connectivity index (χ2v) is 6.59. The number of carbonyl (C=O) groups excluding carboxylic acids is 1. The molecule has 1 heterocycles. The van der Waals surface area contributed by atoms with Gasteiger partial charge in [0.1, 0.15) is 5.75 Å². The average Bonchev–Trinajstić information content (AvgIpc) is 2.56. The van der Waals surface area contributed by atoms with Gasteiger partial charge < -0.3 is 15.4 Å². The zero-order chi connectivity index (χ0) is 18.2. The fraction of sp³-hybridized carbons (Fsp3) is 0.588. The van der Waals surface area contributed by atoms with Crippen LogP contribution in [0.4, 0.5) is 14.5 Å². The monoisotopic (exact) mass is 411 g/mol. The van der Waals surface area contributed by atoms with Crippen molar-refractivity contribution in [2.75, 3.05) is 38.5 Å². The average molecular weight is 412 g/mol. The minimum Gasteiger partial charge on any atom is -0.433 e. The fourth-order valence-electron chi connectivity index (χ4n) is 2.96. The molecule has 2 rings (SSSR count). The lowest BCUT2D eigenvalue weighted by Crippen LogP contribution is -2.39. The van der Waals surface area contributed by atoms with Crippen molar-refractivity contribution in [3.63, 3.8) is 0 Å². The van der Waals surface area contributed by atoms with E-state index in [-0.39, 0.29) is 29.1 Å². The summed E-state index contributed by atoms with van der Waals surface area (Å²) in [6, 6.07) is 4.21. The van der Waals surface area contributed by atoms with Crippen LogP contribution in [0.3, 0.4) is 0 Å². The largest absolute Gasteiger partial charge is 0.433 e. The minimum atomic E-state index is -2.94. The Bertz CT molecular complexity index is 571.